The second kappa shape index (κ2) is 7.56. The van der Waals surface area contributed by atoms with E-state index in [1.54, 1.807) is 49.4 Å². The van der Waals surface area contributed by atoms with Crippen LogP contribution in [-0.2, 0) is 4.79 Å². The number of rotatable bonds is 6. The number of hydrogen-bond acceptors (Lipinski definition) is 6. The van der Waals surface area contributed by atoms with Crippen molar-refractivity contribution in [2.75, 3.05) is 13.4 Å². The van der Waals surface area contributed by atoms with E-state index in [0.717, 1.165) is 0 Å². The Morgan fingerprint density at radius 2 is 1.96 bits per heavy atom. The highest BCUT2D eigenvalue weighted by Crippen LogP contribution is 2.32. The maximum Gasteiger partial charge on any atom is 0.271 e. The van der Waals surface area contributed by atoms with Crippen molar-refractivity contribution in [3.8, 4) is 17.2 Å². The van der Waals surface area contributed by atoms with Crippen LogP contribution >= 0.6 is 0 Å². The molecule has 0 radical (unpaired) electrons. The molecular weight excluding hydrogens is 338 g/mol. The van der Waals surface area contributed by atoms with Crippen molar-refractivity contribution in [3.05, 3.63) is 53.6 Å². The molecule has 0 unspecified atom stereocenters. The second-order valence-electron chi connectivity index (χ2n) is 5.46. The summed E-state index contributed by atoms with van der Waals surface area (Å²) in [5.41, 5.74) is 9.13. The number of amides is 2. The van der Waals surface area contributed by atoms with Gasteiger partial charge in [-0.25, -0.2) is 5.43 Å². The largest absolute Gasteiger partial charge is 0.483 e. The molecule has 26 heavy (non-hydrogen) atoms. The minimum absolute atomic E-state index is 0.139. The molecule has 3 N–H and O–H groups in total. The van der Waals surface area contributed by atoms with Gasteiger partial charge in [-0.3, -0.25) is 9.59 Å². The monoisotopic (exact) mass is 355 g/mol. The Hall–Kier alpha value is -3.55. The van der Waals surface area contributed by atoms with Crippen LogP contribution in [0.25, 0.3) is 0 Å². The summed E-state index contributed by atoms with van der Waals surface area (Å²) in [6.45, 7) is 1.61. The third kappa shape index (κ3) is 3.92. The molecule has 0 bridgehead atoms. The number of fused-ring (bicyclic) bond motifs is 1. The molecule has 0 saturated heterocycles. The molecule has 1 aliphatic rings. The normalized spacial score (nSPS) is 12.6. The summed E-state index contributed by atoms with van der Waals surface area (Å²) < 4.78 is 15.8. The number of nitrogens with zero attached hydrogens (tertiary/aromatic N) is 1. The maximum atomic E-state index is 12.3. The van der Waals surface area contributed by atoms with E-state index in [2.05, 4.69) is 10.5 Å². The molecule has 2 aromatic carbocycles. The first-order chi connectivity index (χ1) is 12.5. The van der Waals surface area contributed by atoms with Gasteiger partial charge in [0.1, 0.15) is 5.75 Å². The van der Waals surface area contributed by atoms with Gasteiger partial charge in [0.15, 0.2) is 18.1 Å². The number of primary amides is 1. The molecule has 1 aliphatic heterocycles. The van der Waals surface area contributed by atoms with Crippen molar-refractivity contribution >= 4 is 17.5 Å². The molecule has 8 heteroatoms. The Morgan fingerprint density at radius 3 is 2.77 bits per heavy atom. The zero-order chi connectivity index (χ0) is 18.5. The first-order valence-electron chi connectivity index (χ1n) is 7.79. The summed E-state index contributed by atoms with van der Waals surface area (Å²) in [4.78, 5) is 23.2. The van der Waals surface area contributed by atoms with Crippen molar-refractivity contribution in [3.63, 3.8) is 0 Å². The molecule has 2 amide bonds. The van der Waals surface area contributed by atoms with Crippen molar-refractivity contribution in [2.24, 2.45) is 10.8 Å². The standard InChI is InChI=1S/C18H17N3O5/c1-11(13-4-2-3-5-14(13)24-9-17(19)22)20-21-18(23)12-6-7-15-16(8-12)26-10-25-15/h2-8H,9-10H2,1H3,(H2,19,22)(H,21,23). The Bertz CT molecular complexity index is 879. The van der Waals surface area contributed by atoms with Crippen LogP contribution in [0.3, 0.4) is 0 Å². The molecule has 8 nitrogen and oxygen atoms in total. The molecule has 134 valence electrons. The summed E-state index contributed by atoms with van der Waals surface area (Å²) in [7, 11) is 0. The van der Waals surface area contributed by atoms with Crippen molar-refractivity contribution in [2.45, 2.75) is 6.92 Å². The van der Waals surface area contributed by atoms with Gasteiger partial charge in [-0.15, -0.1) is 0 Å². The van der Waals surface area contributed by atoms with E-state index < -0.39 is 11.8 Å². The fourth-order valence-corrected chi connectivity index (χ4v) is 2.34. The number of carbonyl (C=O) groups excluding carboxylic acids is 2. The van der Waals surface area contributed by atoms with Crippen LogP contribution in [0.1, 0.15) is 22.8 Å². The predicted octanol–water partition coefficient (Wildman–Crippen LogP) is 1.43. The lowest BCUT2D eigenvalue weighted by molar-refractivity contribution is -0.119. The van der Waals surface area contributed by atoms with Crippen molar-refractivity contribution < 1.29 is 23.8 Å². The number of nitrogens with two attached hydrogens (primary N) is 1. The zero-order valence-electron chi connectivity index (χ0n) is 14.0. The van der Waals surface area contributed by atoms with Gasteiger partial charge in [0, 0.05) is 11.1 Å². The van der Waals surface area contributed by atoms with Gasteiger partial charge in [-0.1, -0.05) is 12.1 Å². The molecular formula is C18H17N3O5. The highest BCUT2D eigenvalue weighted by molar-refractivity contribution is 6.02. The van der Waals surface area contributed by atoms with E-state index in [4.69, 9.17) is 19.9 Å². The number of hydrogen-bond donors (Lipinski definition) is 2. The molecule has 1 heterocycles. The lowest BCUT2D eigenvalue weighted by Gasteiger charge is -2.10. The van der Waals surface area contributed by atoms with Crippen LogP contribution in [0, 0.1) is 0 Å². The summed E-state index contributed by atoms with van der Waals surface area (Å²) in [6, 6.07) is 11.9. The Balaban J connectivity index is 1.72. The van der Waals surface area contributed by atoms with Crippen LogP contribution in [0.15, 0.2) is 47.6 Å². The Labute approximate surface area is 149 Å². The third-order valence-electron chi connectivity index (χ3n) is 3.61. The third-order valence-corrected chi connectivity index (χ3v) is 3.61. The number of benzene rings is 2. The molecule has 0 atom stereocenters. The molecule has 0 aromatic heterocycles. The van der Waals surface area contributed by atoms with Crippen molar-refractivity contribution in [1.29, 1.82) is 0 Å². The van der Waals surface area contributed by atoms with Gasteiger partial charge in [0.25, 0.3) is 11.8 Å². The highest BCUT2D eigenvalue weighted by Gasteiger charge is 2.16. The van der Waals surface area contributed by atoms with Crippen LogP contribution in [-0.4, -0.2) is 30.9 Å². The predicted molar refractivity (Wildman–Crippen MR) is 93.4 cm³/mol. The molecule has 0 aliphatic carbocycles. The number of hydrazone groups is 1. The van der Waals surface area contributed by atoms with Gasteiger partial charge >= 0.3 is 0 Å². The lowest BCUT2D eigenvalue weighted by atomic mass is 10.1. The topological polar surface area (TPSA) is 112 Å². The molecule has 2 aromatic rings. The van der Waals surface area contributed by atoms with Gasteiger partial charge in [-0.05, 0) is 37.3 Å². The molecule has 0 saturated carbocycles. The highest BCUT2D eigenvalue weighted by atomic mass is 16.7. The second-order valence-corrected chi connectivity index (χ2v) is 5.46. The maximum absolute atomic E-state index is 12.3. The van der Waals surface area contributed by atoms with Gasteiger partial charge in [-0.2, -0.15) is 5.10 Å². The van der Waals surface area contributed by atoms with E-state index in [1.807, 2.05) is 0 Å². The summed E-state index contributed by atoms with van der Waals surface area (Å²) in [5, 5.41) is 4.10. The Morgan fingerprint density at radius 1 is 1.19 bits per heavy atom. The van der Waals surface area contributed by atoms with E-state index in [9.17, 15) is 9.59 Å². The minimum Gasteiger partial charge on any atom is -0.483 e. The van der Waals surface area contributed by atoms with Crippen LogP contribution < -0.4 is 25.4 Å². The fraction of sp³-hybridized carbons (Fsp3) is 0.167. The van der Waals surface area contributed by atoms with E-state index in [1.165, 1.54) is 0 Å². The minimum atomic E-state index is -0.578. The smallest absolute Gasteiger partial charge is 0.271 e. The molecule has 0 fully saturated rings. The molecule has 3 rings (SSSR count). The summed E-state index contributed by atoms with van der Waals surface area (Å²) in [6.07, 6.45) is 0. The fourth-order valence-electron chi connectivity index (χ4n) is 2.34. The van der Waals surface area contributed by atoms with Crippen LogP contribution in [0.4, 0.5) is 0 Å². The first-order valence-corrected chi connectivity index (χ1v) is 7.79. The quantitative estimate of drug-likeness (QED) is 0.601. The van der Waals surface area contributed by atoms with E-state index in [0.29, 0.717) is 34.1 Å². The summed E-state index contributed by atoms with van der Waals surface area (Å²) in [5.74, 6) is 0.596. The van der Waals surface area contributed by atoms with E-state index >= 15 is 0 Å². The number of nitrogens with one attached hydrogen (secondary N) is 1. The number of para-hydroxylation sites is 1. The zero-order valence-corrected chi connectivity index (χ0v) is 14.0. The van der Waals surface area contributed by atoms with Gasteiger partial charge in [0.05, 0.1) is 5.71 Å². The Kier molecular flexibility index (Phi) is 5.02. The van der Waals surface area contributed by atoms with Gasteiger partial charge in [0.2, 0.25) is 6.79 Å². The average molecular weight is 355 g/mol. The first kappa shape index (κ1) is 17.3. The van der Waals surface area contributed by atoms with E-state index in [-0.39, 0.29) is 13.4 Å². The SMILES string of the molecule is CC(=NNC(=O)c1ccc2c(c1)OCO2)c1ccccc1OCC(N)=O. The van der Waals surface area contributed by atoms with Gasteiger partial charge < -0.3 is 19.9 Å². The lowest BCUT2D eigenvalue weighted by Crippen LogP contribution is -2.21. The van der Waals surface area contributed by atoms with Crippen LogP contribution in [0.2, 0.25) is 0 Å². The molecule has 0 spiro atoms. The number of ether oxygens (including phenoxy) is 3. The van der Waals surface area contributed by atoms with Crippen LogP contribution in [0.5, 0.6) is 17.2 Å². The summed E-state index contributed by atoms with van der Waals surface area (Å²) >= 11 is 0. The number of carbonyl (C=O) groups is 2. The van der Waals surface area contributed by atoms with Crippen molar-refractivity contribution in [1.82, 2.24) is 5.43 Å². The average Bonchev–Trinajstić information content (AvgIpc) is 3.12.